The second-order valence-electron chi connectivity index (χ2n) is 10.5. The van der Waals surface area contributed by atoms with Gasteiger partial charge in [-0.3, -0.25) is 4.79 Å². The fourth-order valence-corrected chi connectivity index (χ4v) is 8.22. The number of nitrogens with zero attached hydrogens (tertiary/aromatic N) is 1. The van der Waals surface area contributed by atoms with Crippen LogP contribution in [0.15, 0.2) is 11.6 Å². The first kappa shape index (κ1) is 17.3. The smallest absolute Gasteiger partial charge is 0.313 e. The molecule has 4 aliphatic carbocycles. The number of allylic oxidation sites excluding steroid dienone is 1. The molecule has 0 N–H and O–H groups in total. The van der Waals surface area contributed by atoms with Crippen LogP contribution < -0.4 is 0 Å². The van der Waals surface area contributed by atoms with Crippen molar-refractivity contribution in [3.63, 3.8) is 0 Å². The summed E-state index contributed by atoms with van der Waals surface area (Å²) in [6.07, 6.45) is 12.6. The van der Waals surface area contributed by atoms with Crippen LogP contribution >= 0.6 is 0 Å². The molecule has 5 rings (SSSR count). The Morgan fingerprint density at radius 1 is 1.08 bits per heavy atom. The lowest BCUT2D eigenvalue weighted by atomic mass is 9.47. The zero-order valence-electron chi connectivity index (χ0n) is 17.0. The van der Waals surface area contributed by atoms with Gasteiger partial charge in [0.2, 0.25) is 0 Å². The fraction of sp³-hybridized carbons (Fsp3) is 0.870. The van der Waals surface area contributed by atoms with Crippen LogP contribution in [0.5, 0.6) is 0 Å². The monoisotopic (exact) mass is 357 g/mol. The number of cyclic esters (lactones) is 1. The van der Waals surface area contributed by atoms with E-state index in [2.05, 4.69) is 38.9 Å². The fourth-order valence-electron chi connectivity index (χ4n) is 8.22. The van der Waals surface area contributed by atoms with Crippen LogP contribution in [-0.4, -0.2) is 37.1 Å². The molecule has 0 bridgehead atoms. The van der Waals surface area contributed by atoms with E-state index in [4.69, 9.17) is 4.74 Å². The Morgan fingerprint density at radius 3 is 2.62 bits per heavy atom. The summed E-state index contributed by atoms with van der Waals surface area (Å²) < 4.78 is 5.78. The lowest BCUT2D eigenvalue weighted by Crippen LogP contribution is -2.53. The molecule has 0 aromatic heterocycles. The molecule has 1 heterocycles. The van der Waals surface area contributed by atoms with E-state index >= 15 is 0 Å². The van der Waals surface area contributed by atoms with Crippen molar-refractivity contribution in [1.82, 2.24) is 4.90 Å². The first-order chi connectivity index (χ1) is 12.4. The van der Waals surface area contributed by atoms with Crippen molar-refractivity contribution in [2.75, 3.05) is 14.1 Å². The van der Waals surface area contributed by atoms with E-state index in [0.29, 0.717) is 29.2 Å². The Kier molecular flexibility index (Phi) is 3.72. The van der Waals surface area contributed by atoms with Crippen LogP contribution in [0.25, 0.3) is 0 Å². The van der Waals surface area contributed by atoms with Gasteiger partial charge in [-0.15, -0.1) is 0 Å². The van der Waals surface area contributed by atoms with Crippen molar-refractivity contribution >= 4 is 5.97 Å². The molecule has 1 aliphatic heterocycles. The first-order valence-corrected chi connectivity index (χ1v) is 10.9. The van der Waals surface area contributed by atoms with E-state index in [0.717, 1.165) is 12.3 Å². The third kappa shape index (κ3) is 2.02. The summed E-state index contributed by atoms with van der Waals surface area (Å²) in [5.41, 5.74) is 1.99. The van der Waals surface area contributed by atoms with E-state index in [1.54, 1.807) is 5.57 Å². The molecule has 3 nitrogen and oxygen atoms in total. The van der Waals surface area contributed by atoms with Gasteiger partial charge >= 0.3 is 5.97 Å². The SMILES string of the molecule is C[C@@H]1OC(=O)[C@]23CC[C@@H]4[C@@H](CC=C5C[C@@H](N(C)C)CC[C@@]54C)[C@@H]2CC[C@H]13. The lowest BCUT2D eigenvalue weighted by Gasteiger charge is -2.57. The van der Waals surface area contributed by atoms with Gasteiger partial charge in [-0.2, -0.15) is 0 Å². The Morgan fingerprint density at radius 2 is 1.85 bits per heavy atom. The molecule has 0 aromatic rings. The number of hydrogen-bond donors (Lipinski definition) is 0. The third-order valence-electron chi connectivity index (χ3n) is 9.63. The highest BCUT2D eigenvalue weighted by Gasteiger charge is 2.68. The topological polar surface area (TPSA) is 29.5 Å². The van der Waals surface area contributed by atoms with Crippen molar-refractivity contribution in [2.45, 2.75) is 77.4 Å². The first-order valence-electron chi connectivity index (χ1n) is 10.9. The minimum atomic E-state index is -0.122. The predicted octanol–water partition coefficient (Wildman–Crippen LogP) is 4.42. The Balaban J connectivity index is 1.48. The van der Waals surface area contributed by atoms with E-state index in [1.165, 1.54) is 44.9 Å². The predicted molar refractivity (Wildman–Crippen MR) is 103 cm³/mol. The zero-order chi connectivity index (χ0) is 18.3. The van der Waals surface area contributed by atoms with Gasteiger partial charge in [0.1, 0.15) is 6.10 Å². The van der Waals surface area contributed by atoms with Gasteiger partial charge in [-0.25, -0.2) is 0 Å². The van der Waals surface area contributed by atoms with E-state index < -0.39 is 0 Å². The van der Waals surface area contributed by atoms with Crippen molar-refractivity contribution in [2.24, 2.45) is 34.5 Å². The minimum absolute atomic E-state index is 0.122. The van der Waals surface area contributed by atoms with Gasteiger partial charge in [0.05, 0.1) is 5.41 Å². The number of ether oxygens (including phenoxy) is 1. The minimum Gasteiger partial charge on any atom is -0.462 e. The van der Waals surface area contributed by atoms with Crippen molar-refractivity contribution < 1.29 is 9.53 Å². The average Bonchev–Trinajstić information content (AvgIpc) is 3.10. The highest BCUT2D eigenvalue weighted by Crippen LogP contribution is 2.68. The van der Waals surface area contributed by atoms with Gasteiger partial charge < -0.3 is 9.64 Å². The molecule has 1 spiro atoms. The normalized spacial score (nSPS) is 52.7. The lowest BCUT2D eigenvalue weighted by molar-refractivity contribution is -0.156. The maximum atomic E-state index is 12.9. The van der Waals surface area contributed by atoms with Gasteiger partial charge in [0, 0.05) is 12.0 Å². The molecular weight excluding hydrogens is 322 g/mol. The number of hydrogen-bond acceptors (Lipinski definition) is 3. The summed E-state index contributed by atoms with van der Waals surface area (Å²) in [5.74, 6) is 2.71. The van der Waals surface area contributed by atoms with Crippen molar-refractivity contribution in [3.8, 4) is 0 Å². The van der Waals surface area contributed by atoms with Gasteiger partial charge in [0.15, 0.2) is 0 Å². The molecule has 8 atom stereocenters. The maximum absolute atomic E-state index is 12.9. The molecule has 0 unspecified atom stereocenters. The number of carbonyl (C=O) groups excluding carboxylic acids is 1. The van der Waals surface area contributed by atoms with Gasteiger partial charge in [-0.05, 0) is 95.6 Å². The summed E-state index contributed by atoms with van der Waals surface area (Å²) in [4.78, 5) is 15.4. The second kappa shape index (κ2) is 5.59. The van der Waals surface area contributed by atoms with Crippen molar-refractivity contribution in [3.05, 3.63) is 11.6 Å². The van der Waals surface area contributed by atoms with Crippen LogP contribution in [-0.2, 0) is 9.53 Å². The Hall–Kier alpha value is -0.830. The molecular formula is C23H35NO2. The Bertz CT molecular complexity index is 655. The molecule has 144 valence electrons. The molecule has 5 aliphatic rings. The van der Waals surface area contributed by atoms with E-state index in [9.17, 15) is 4.79 Å². The molecule has 3 saturated carbocycles. The standard InChI is InChI=1S/C23H35NO2/c1-14-18-7-8-20-17-6-5-15-13-16(24(3)4)9-11-22(15,2)19(17)10-12-23(18,20)21(25)26-14/h5,14,16-20H,6-13H2,1-4H3/t14-,16-,17+,18+,19+,20-,22-,23-/m0/s1. The molecule has 3 heteroatoms. The van der Waals surface area contributed by atoms with Crippen molar-refractivity contribution in [1.29, 1.82) is 0 Å². The van der Waals surface area contributed by atoms with Crippen LogP contribution in [0.4, 0.5) is 0 Å². The van der Waals surface area contributed by atoms with Gasteiger partial charge in [-0.1, -0.05) is 18.6 Å². The quantitative estimate of drug-likeness (QED) is 0.514. The zero-order valence-corrected chi connectivity index (χ0v) is 17.0. The summed E-state index contributed by atoms with van der Waals surface area (Å²) in [7, 11) is 4.46. The number of fused-ring (bicyclic) bond motifs is 4. The van der Waals surface area contributed by atoms with Gasteiger partial charge in [0.25, 0.3) is 0 Å². The van der Waals surface area contributed by atoms with Crippen LogP contribution in [0, 0.1) is 34.5 Å². The summed E-state index contributed by atoms with van der Waals surface area (Å²) in [6.45, 7) is 4.69. The summed E-state index contributed by atoms with van der Waals surface area (Å²) in [5, 5.41) is 0. The molecule has 0 aromatic carbocycles. The number of carbonyl (C=O) groups is 1. The molecule has 4 fully saturated rings. The van der Waals surface area contributed by atoms with E-state index in [1.807, 2.05) is 0 Å². The molecule has 26 heavy (non-hydrogen) atoms. The largest absolute Gasteiger partial charge is 0.462 e. The third-order valence-corrected chi connectivity index (χ3v) is 9.63. The molecule has 1 saturated heterocycles. The summed E-state index contributed by atoms with van der Waals surface area (Å²) >= 11 is 0. The molecule has 0 amide bonds. The van der Waals surface area contributed by atoms with Crippen LogP contribution in [0.2, 0.25) is 0 Å². The van der Waals surface area contributed by atoms with E-state index in [-0.39, 0.29) is 17.5 Å². The summed E-state index contributed by atoms with van der Waals surface area (Å²) in [6, 6.07) is 0.710. The van der Waals surface area contributed by atoms with Crippen LogP contribution in [0.1, 0.15) is 65.2 Å². The Labute approximate surface area is 158 Å². The molecule has 0 radical (unpaired) electrons. The second-order valence-corrected chi connectivity index (χ2v) is 10.5. The highest BCUT2D eigenvalue weighted by molar-refractivity contribution is 5.81. The number of rotatable bonds is 1. The highest BCUT2D eigenvalue weighted by atomic mass is 16.6. The maximum Gasteiger partial charge on any atom is 0.313 e. The number of esters is 1. The average molecular weight is 358 g/mol. The van der Waals surface area contributed by atoms with Crippen LogP contribution in [0.3, 0.4) is 0 Å².